The first-order valence-corrected chi connectivity index (χ1v) is 7.84. The van der Waals surface area contributed by atoms with Gasteiger partial charge in [0.05, 0.1) is 36.1 Å². The molecule has 0 radical (unpaired) electrons. The topological polar surface area (TPSA) is 50.5 Å². The molecule has 5 nitrogen and oxygen atoms in total. The van der Waals surface area contributed by atoms with E-state index in [1.165, 1.54) is 0 Å². The van der Waals surface area contributed by atoms with E-state index >= 15 is 0 Å². The summed E-state index contributed by atoms with van der Waals surface area (Å²) < 4.78 is 6.80. The van der Waals surface area contributed by atoms with Crippen LogP contribution in [0.2, 0.25) is 5.02 Å². The van der Waals surface area contributed by atoms with Gasteiger partial charge in [0.1, 0.15) is 6.10 Å². The van der Waals surface area contributed by atoms with E-state index in [9.17, 15) is 5.11 Å². The zero-order valence-corrected chi connectivity index (χ0v) is 12.8. The Labute approximate surface area is 122 Å². The summed E-state index contributed by atoms with van der Waals surface area (Å²) in [7, 11) is 3.68. The van der Waals surface area contributed by atoms with E-state index in [1.54, 1.807) is 18.0 Å². The number of aliphatic hydroxyl groups is 1. The maximum Gasteiger partial charge on any atom is 0.113 e. The van der Waals surface area contributed by atoms with Gasteiger partial charge in [0.25, 0.3) is 0 Å². The molecule has 2 unspecified atom stereocenters. The number of methoxy groups -OCH3 is 1. The summed E-state index contributed by atoms with van der Waals surface area (Å²) in [4.78, 5) is 2.19. The van der Waals surface area contributed by atoms with Crippen LogP contribution < -0.4 is 0 Å². The van der Waals surface area contributed by atoms with Gasteiger partial charge in [0.2, 0.25) is 0 Å². The van der Waals surface area contributed by atoms with E-state index in [2.05, 4.69) is 10.00 Å². The van der Waals surface area contributed by atoms with E-state index in [-0.39, 0.29) is 6.04 Å². The van der Waals surface area contributed by atoms with Gasteiger partial charge in [-0.2, -0.15) is 16.9 Å². The van der Waals surface area contributed by atoms with Gasteiger partial charge in [-0.15, -0.1) is 0 Å². The lowest BCUT2D eigenvalue weighted by atomic mass is 10.1. The Kier molecular flexibility index (Phi) is 5.53. The fourth-order valence-electron chi connectivity index (χ4n) is 2.24. The first kappa shape index (κ1) is 15.1. The SMILES string of the molecule is COCCn1ncc(Cl)c1C(O)C1CSCCN1C. The molecule has 19 heavy (non-hydrogen) atoms. The molecular formula is C12H20ClN3O2S. The lowest BCUT2D eigenvalue weighted by Crippen LogP contribution is -2.44. The van der Waals surface area contributed by atoms with Crippen molar-refractivity contribution >= 4 is 23.4 Å². The molecule has 1 N–H and O–H groups in total. The predicted octanol–water partition coefficient (Wildman–Crippen LogP) is 1.26. The number of hydrogen-bond acceptors (Lipinski definition) is 5. The van der Waals surface area contributed by atoms with Gasteiger partial charge in [-0.3, -0.25) is 9.58 Å². The Morgan fingerprint density at radius 1 is 1.68 bits per heavy atom. The van der Waals surface area contributed by atoms with Crippen LogP contribution >= 0.6 is 23.4 Å². The Morgan fingerprint density at radius 3 is 3.16 bits per heavy atom. The summed E-state index contributed by atoms with van der Waals surface area (Å²) in [5.74, 6) is 2.01. The minimum absolute atomic E-state index is 0.0780. The van der Waals surface area contributed by atoms with Crippen LogP contribution in [0.1, 0.15) is 11.8 Å². The molecule has 7 heteroatoms. The maximum atomic E-state index is 10.6. The summed E-state index contributed by atoms with van der Waals surface area (Å²) in [6.45, 7) is 2.13. The zero-order valence-electron chi connectivity index (χ0n) is 11.3. The molecule has 2 atom stereocenters. The van der Waals surface area contributed by atoms with Gasteiger partial charge < -0.3 is 9.84 Å². The van der Waals surface area contributed by atoms with Crippen molar-refractivity contribution in [2.24, 2.45) is 0 Å². The first-order chi connectivity index (χ1) is 9.15. The minimum Gasteiger partial charge on any atom is -0.385 e. The van der Waals surface area contributed by atoms with Crippen molar-refractivity contribution in [1.82, 2.24) is 14.7 Å². The van der Waals surface area contributed by atoms with Crippen LogP contribution in [-0.2, 0) is 11.3 Å². The monoisotopic (exact) mass is 305 g/mol. The highest BCUT2D eigenvalue weighted by Crippen LogP contribution is 2.30. The fourth-order valence-corrected chi connectivity index (χ4v) is 3.76. The molecule has 1 aromatic heterocycles. The third kappa shape index (κ3) is 3.44. The van der Waals surface area contributed by atoms with E-state index in [4.69, 9.17) is 16.3 Å². The normalized spacial score (nSPS) is 22.6. The van der Waals surface area contributed by atoms with Crippen LogP contribution in [0.15, 0.2) is 6.20 Å². The Hall–Kier alpha value is -0.270. The van der Waals surface area contributed by atoms with Gasteiger partial charge >= 0.3 is 0 Å². The predicted molar refractivity (Wildman–Crippen MR) is 77.8 cm³/mol. The smallest absolute Gasteiger partial charge is 0.113 e. The molecule has 0 amide bonds. The van der Waals surface area contributed by atoms with E-state index in [0.717, 1.165) is 18.1 Å². The maximum absolute atomic E-state index is 10.6. The number of aliphatic hydroxyl groups excluding tert-OH is 1. The van der Waals surface area contributed by atoms with Crippen LogP contribution in [0.25, 0.3) is 0 Å². The molecular weight excluding hydrogens is 286 g/mol. The molecule has 2 heterocycles. The summed E-state index contributed by atoms with van der Waals surface area (Å²) >= 11 is 8.04. The second kappa shape index (κ2) is 6.95. The van der Waals surface area contributed by atoms with Crippen molar-refractivity contribution in [3.05, 3.63) is 16.9 Å². The molecule has 0 bridgehead atoms. The Morgan fingerprint density at radius 2 is 2.47 bits per heavy atom. The standard InChI is InChI=1S/C12H20ClN3O2S/c1-15-4-6-19-8-10(15)12(17)11-9(13)7-14-16(11)3-5-18-2/h7,10,12,17H,3-6,8H2,1-2H3. The van der Waals surface area contributed by atoms with Crippen LogP contribution in [0, 0.1) is 0 Å². The zero-order chi connectivity index (χ0) is 13.8. The third-order valence-electron chi connectivity index (χ3n) is 3.43. The lowest BCUT2D eigenvalue weighted by molar-refractivity contribution is 0.0672. The summed E-state index contributed by atoms with van der Waals surface area (Å²) in [5, 5.41) is 15.4. The number of halogens is 1. The number of likely N-dealkylation sites (N-methyl/N-ethyl adjacent to an activating group) is 1. The Balaban J connectivity index is 2.17. The van der Waals surface area contributed by atoms with Crippen molar-refractivity contribution in [2.45, 2.75) is 18.7 Å². The van der Waals surface area contributed by atoms with E-state index in [0.29, 0.717) is 23.9 Å². The molecule has 0 spiro atoms. The molecule has 1 aromatic rings. The van der Waals surface area contributed by atoms with E-state index in [1.807, 2.05) is 18.8 Å². The fraction of sp³-hybridized carbons (Fsp3) is 0.750. The van der Waals surface area contributed by atoms with Crippen LogP contribution in [0.4, 0.5) is 0 Å². The van der Waals surface area contributed by atoms with Crippen molar-refractivity contribution < 1.29 is 9.84 Å². The Bertz CT molecular complexity index is 416. The highest BCUT2D eigenvalue weighted by molar-refractivity contribution is 7.99. The van der Waals surface area contributed by atoms with Gasteiger partial charge in [-0.25, -0.2) is 0 Å². The second-order valence-electron chi connectivity index (χ2n) is 4.66. The summed E-state index contributed by atoms with van der Waals surface area (Å²) in [6, 6.07) is 0.0780. The number of aromatic nitrogens is 2. The number of rotatable bonds is 5. The van der Waals surface area contributed by atoms with Gasteiger partial charge in [0.15, 0.2) is 0 Å². The van der Waals surface area contributed by atoms with Gasteiger partial charge in [-0.05, 0) is 7.05 Å². The molecule has 1 fully saturated rings. The van der Waals surface area contributed by atoms with Gasteiger partial charge in [0, 0.05) is 25.2 Å². The van der Waals surface area contributed by atoms with Crippen LogP contribution in [0.5, 0.6) is 0 Å². The molecule has 1 aliphatic heterocycles. The molecule has 0 aliphatic carbocycles. The number of nitrogens with zero attached hydrogens (tertiary/aromatic N) is 3. The average Bonchev–Trinajstić information content (AvgIpc) is 2.77. The van der Waals surface area contributed by atoms with Crippen LogP contribution in [0.3, 0.4) is 0 Å². The molecule has 1 saturated heterocycles. The van der Waals surface area contributed by atoms with E-state index < -0.39 is 6.10 Å². The van der Waals surface area contributed by atoms with Crippen LogP contribution in [-0.4, -0.2) is 64.6 Å². The summed E-state index contributed by atoms with van der Waals surface area (Å²) in [5.41, 5.74) is 0.693. The third-order valence-corrected chi connectivity index (χ3v) is 4.77. The molecule has 0 saturated carbocycles. The number of thioether (sulfide) groups is 1. The molecule has 2 rings (SSSR count). The van der Waals surface area contributed by atoms with Crippen molar-refractivity contribution in [3.8, 4) is 0 Å². The second-order valence-corrected chi connectivity index (χ2v) is 6.22. The first-order valence-electron chi connectivity index (χ1n) is 6.31. The van der Waals surface area contributed by atoms with Crippen molar-refractivity contribution in [3.63, 3.8) is 0 Å². The highest BCUT2D eigenvalue weighted by Gasteiger charge is 2.31. The lowest BCUT2D eigenvalue weighted by Gasteiger charge is -2.35. The van der Waals surface area contributed by atoms with Crippen molar-refractivity contribution in [2.75, 3.05) is 38.8 Å². The molecule has 108 valence electrons. The minimum atomic E-state index is -0.621. The molecule has 0 aromatic carbocycles. The number of hydrogen-bond donors (Lipinski definition) is 1. The van der Waals surface area contributed by atoms with Gasteiger partial charge in [-0.1, -0.05) is 11.6 Å². The van der Waals surface area contributed by atoms with Crippen molar-refractivity contribution in [1.29, 1.82) is 0 Å². The quantitative estimate of drug-likeness (QED) is 0.888. The summed E-state index contributed by atoms with van der Waals surface area (Å²) in [6.07, 6.45) is 0.968. The molecule has 1 aliphatic rings. The highest BCUT2D eigenvalue weighted by atomic mass is 35.5. The number of ether oxygens (including phenoxy) is 1. The average molecular weight is 306 g/mol. The largest absolute Gasteiger partial charge is 0.385 e.